The average Bonchev–Trinajstić information content (AvgIpc) is 2.54. The topological polar surface area (TPSA) is 55.3 Å². The van der Waals surface area contributed by atoms with Gasteiger partial charge in [-0.25, -0.2) is 4.98 Å². The third-order valence-electron chi connectivity index (χ3n) is 3.74. The smallest absolute Gasteiger partial charge is 0.259 e. The maximum absolute atomic E-state index is 12.7. The molecular weight excluding hydrogens is 290 g/mol. The van der Waals surface area contributed by atoms with Gasteiger partial charge in [-0.2, -0.15) is 0 Å². The van der Waals surface area contributed by atoms with Crippen LogP contribution in [0.2, 0.25) is 0 Å². The SMILES string of the molecule is CCOc1ncccc1C(=O)N(C)[C@@H](C)Cc1cc(C)ccn1. The maximum Gasteiger partial charge on any atom is 0.259 e. The molecule has 0 aliphatic carbocycles. The van der Waals surface area contributed by atoms with Gasteiger partial charge in [0.05, 0.1) is 6.61 Å². The summed E-state index contributed by atoms with van der Waals surface area (Å²) in [5.74, 6) is 0.287. The molecule has 0 aromatic carbocycles. The summed E-state index contributed by atoms with van der Waals surface area (Å²) in [4.78, 5) is 22.9. The van der Waals surface area contributed by atoms with E-state index in [1.54, 1.807) is 36.5 Å². The second-order valence-corrected chi connectivity index (χ2v) is 5.58. The first kappa shape index (κ1) is 16.9. The van der Waals surface area contributed by atoms with Gasteiger partial charge in [0.2, 0.25) is 5.88 Å². The van der Waals surface area contributed by atoms with E-state index in [9.17, 15) is 4.79 Å². The van der Waals surface area contributed by atoms with Gasteiger partial charge in [0.1, 0.15) is 5.56 Å². The number of aryl methyl sites for hydroxylation is 1. The van der Waals surface area contributed by atoms with Crippen LogP contribution in [0.3, 0.4) is 0 Å². The summed E-state index contributed by atoms with van der Waals surface area (Å²) < 4.78 is 5.45. The zero-order chi connectivity index (χ0) is 16.8. The largest absolute Gasteiger partial charge is 0.477 e. The summed E-state index contributed by atoms with van der Waals surface area (Å²) in [7, 11) is 1.80. The van der Waals surface area contributed by atoms with E-state index in [0.29, 0.717) is 24.5 Å². The second-order valence-electron chi connectivity index (χ2n) is 5.58. The second kappa shape index (κ2) is 7.72. The number of nitrogens with zero attached hydrogens (tertiary/aromatic N) is 3. The van der Waals surface area contributed by atoms with Crippen LogP contribution in [0.4, 0.5) is 0 Å². The summed E-state index contributed by atoms with van der Waals surface area (Å²) >= 11 is 0. The van der Waals surface area contributed by atoms with Crippen LogP contribution >= 0.6 is 0 Å². The van der Waals surface area contributed by atoms with Crippen molar-refractivity contribution in [3.63, 3.8) is 0 Å². The minimum absolute atomic E-state index is 0.0199. The van der Waals surface area contributed by atoms with E-state index in [1.807, 2.05) is 32.9 Å². The van der Waals surface area contributed by atoms with Gasteiger partial charge < -0.3 is 9.64 Å². The van der Waals surface area contributed by atoms with E-state index in [1.165, 1.54) is 5.56 Å². The van der Waals surface area contributed by atoms with Gasteiger partial charge in [-0.15, -0.1) is 0 Å². The predicted octanol–water partition coefficient (Wildman–Crippen LogP) is 2.89. The molecule has 2 heterocycles. The summed E-state index contributed by atoms with van der Waals surface area (Å²) in [5, 5.41) is 0. The van der Waals surface area contributed by atoms with Crippen LogP contribution in [-0.4, -0.2) is 40.5 Å². The van der Waals surface area contributed by atoms with Gasteiger partial charge in [0.15, 0.2) is 0 Å². The molecule has 5 nitrogen and oxygen atoms in total. The maximum atomic E-state index is 12.7. The lowest BCUT2D eigenvalue weighted by atomic mass is 10.1. The number of rotatable bonds is 6. The van der Waals surface area contributed by atoms with Crippen molar-refractivity contribution in [3.05, 3.63) is 53.5 Å². The van der Waals surface area contributed by atoms with Crippen LogP contribution in [0, 0.1) is 6.92 Å². The quantitative estimate of drug-likeness (QED) is 0.823. The molecule has 0 radical (unpaired) electrons. The molecule has 2 rings (SSSR count). The van der Waals surface area contributed by atoms with Gasteiger partial charge in [-0.1, -0.05) is 0 Å². The van der Waals surface area contributed by atoms with E-state index in [-0.39, 0.29) is 11.9 Å². The van der Waals surface area contributed by atoms with Crippen molar-refractivity contribution in [2.45, 2.75) is 33.2 Å². The molecule has 23 heavy (non-hydrogen) atoms. The molecule has 1 atom stereocenters. The Bertz CT molecular complexity index is 673. The summed E-state index contributed by atoms with van der Waals surface area (Å²) in [5.41, 5.74) is 2.64. The standard InChI is InChI=1S/C18H23N3O2/c1-5-23-17-16(7-6-9-20-17)18(22)21(4)14(3)12-15-11-13(2)8-10-19-15/h6-11,14H,5,12H2,1-4H3/t14-/m0/s1. The lowest BCUT2D eigenvalue weighted by Crippen LogP contribution is -2.37. The molecule has 0 N–H and O–H groups in total. The van der Waals surface area contributed by atoms with Crippen molar-refractivity contribution in [2.24, 2.45) is 0 Å². The Balaban J connectivity index is 2.12. The Kier molecular flexibility index (Phi) is 5.68. The monoisotopic (exact) mass is 313 g/mol. The number of carbonyl (C=O) groups is 1. The Morgan fingerprint density at radius 1 is 1.30 bits per heavy atom. The van der Waals surface area contributed by atoms with Crippen LogP contribution in [0.1, 0.15) is 35.5 Å². The Labute approximate surface area is 137 Å². The third kappa shape index (κ3) is 4.28. The van der Waals surface area contributed by atoms with E-state index < -0.39 is 0 Å². The Hall–Kier alpha value is -2.43. The molecule has 0 unspecified atom stereocenters. The lowest BCUT2D eigenvalue weighted by Gasteiger charge is -2.25. The van der Waals surface area contributed by atoms with Crippen molar-refractivity contribution >= 4 is 5.91 Å². The van der Waals surface area contributed by atoms with Crippen molar-refractivity contribution in [3.8, 4) is 5.88 Å². The van der Waals surface area contributed by atoms with Gasteiger partial charge in [-0.3, -0.25) is 9.78 Å². The molecule has 2 aromatic rings. The highest BCUT2D eigenvalue weighted by molar-refractivity contribution is 5.96. The molecule has 0 spiro atoms. The normalized spacial score (nSPS) is 11.8. The number of carbonyl (C=O) groups excluding carboxylic acids is 1. The highest BCUT2D eigenvalue weighted by atomic mass is 16.5. The fourth-order valence-corrected chi connectivity index (χ4v) is 2.35. The highest BCUT2D eigenvalue weighted by Crippen LogP contribution is 2.18. The highest BCUT2D eigenvalue weighted by Gasteiger charge is 2.22. The van der Waals surface area contributed by atoms with Gasteiger partial charge in [0.25, 0.3) is 5.91 Å². The molecule has 0 fully saturated rings. The lowest BCUT2D eigenvalue weighted by molar-refractivity contribution is 0.0737. The van der Waals surface area contributed by atoms with Crippen LogP contribution in [0.25, 0.3) is 0 Å². The van der Waals surface area contributed by atoms with Crippen molar-refractivity contribution in [2.75, 3.05) is 13.7 Å². The van der Waals surface area contributed by atoms with Crippen LogP contribution in [-0.2, 0) is 6.42 Å². The third-order valence-corrected chi connectivity index (χ3v) is 3.74. The zero-order valence-electron chi connectivity index (χ0n) is 14.1. The average molecular weight is 313 g/mol. The molecule has 5 heteroatoms. The fraction of sp³-hybridized carbons (Fsp3) is 0.389. The Morgan fingerprint density at radius 3 is 2.78 bits per heavy atom. The number of aromatic nitrogens is 2. The van der Waals surface area contributed by atoms with E-state index in [4.69, 9.17) is 4.74 Å². The van der Waals surface area contributed by atoms with Crippen molar-refractivity contribution in [1.82, 2.24) is 14.9 Å². The first-order valence-electron chi connectivity index (χ1n) is 7.79. The number of likely N-dealkylation sites (N-methyl/N-ethyl adjacent to an activating group) is 1. The van der Waals surface area contributed by atoms with Crippen molar-refractivity contribution in [1.29, 1.82) is 0 Å². The molecule has 1 amide bonds. The fourth-order valence-electron chi connectivity index (χ4n) is 2.35. The number of amides is 1. The summed E-state index contributed by atoms with van der Waals surface area (Å²) in [6.45, 7) is 6.40. The van der Waals surface area contributed by atoms with Gasteiger partial charge >= 0.3 is 0 Å². The molecular formula is C18H23N3O2. The molecule has 0 aliphatic heterocycles. The number of pyridine rings is 2. The molecule has 0 saturated carbocycles. The summed E-state index contributed by atoms with van der Waals surface area (Å²) in [6, 6.07) is 7.52. The number of ether oxygens (including phenoxy) is 1. The molecule has 0 saturated heterocycles. The van der Waals surface area contributed by atoms with Crippen LogP contribution in [0.5, 0.6) is 5.88 Å². The molecule has 0 bridgehead atoms. The van der Waals surface area contributed by atoms with E-state index in [0.717, 1.165) is 5.69 Å². The Morgan fingerprint density at radius 2 is 2.09 bits per heavy atom. The van der Waals surface area contributed by atoms with E-state index in [2.05, 4.69) is 9.97 Å². The van der Waals surface area contributed by atoms with E-state index >= 15 is 0 Å². The van der Waals surface area contributed by atoms with Gasteiger partial charge in [-0.05, 0) is 50.6 Å². The molecule has 0 aliphatic rings. The predicted molar refractivity (Wildman–Crippen MR) is 89.6 cm³/mol. The van der Waals surface area contributed by atoms with Gasteiger partial charge in [0, 0.05) is 37.6 Å². The number of hydrogen-bond donors (Lipinski definition) is 0. The zero-order valence-corrected chi connectivity index (χ0v) is 14.1. The van der Waals surface area contributed by atoms with Crippen LogP contribution in [0.15, 0.2) is 36.7 Å². The number of hydrogen-bond acceptors (Lipinski definition) is 4. The minimum atomic E-state index is -0.0956. The molecule has 122 valence electrons. The first-order chi connectivity index (χ1) is 11.0. The summed E-state index contributed by atoms with van der Waals surface area (Å²) in [6.07, 6.45) is 4.13. The van der Waals surface area contributed by atoms with Crippen molar-refractivity contribution < 1.29 is 9.53 Å². The minimum Gasteiger partial charge on any atom is -0.477 e. The van der Waals surface area contributed by atoms with Crippen LogP contribution < -0.4 is 4.74 Å². The first-order valence-corrected chi connectivity index (χ1v) is 7.79. The molecule has 2 aromatic heterocycles.